The van der Waals surface area contributed by atoms with Gasteiger partial charge in [-0.1, -0.05) is 12.1 Å². The van der Waals surface area contributed by atoms with Gasteiger partial charge in [-0.25, -0.2) is 12.8 Å². The lowest BCUT2D eigenvalue weighted by atomic mass is 10.1. The molecule has 1 amide bonds. The zero-order valence-corrected chi connectivity index (χ0v) is 16.5. The summed E-state index contributed by atoms with van der Waals surface area (Å²) in [7, 11) is -3.77. The Hall–Kier alpha value is -2.75. The summed E-state index contributed by atoms with van der Waals surface area (Å²) in [6.45, 7) is 1.16. The fourth-order valence-electron chi connectivity index (χ4n) is 3.58. The third-order valence-electron chi connectivity index (χ3n) is 5.13. The van der Waals surface area contributed by atoms with Crippen LogP contribution in [0.2, 0.25) is 0 Å². The molecule has 9 heteroatoms. The molecule has 1 aromatic heterocycles. The summed E-state index contributed by atoms with van der Waals surface area (Å²) in [5.41, 5.74) is 7.82. The van der Waals surface area contributed by atoms with Gasteiger partial charge in [0.25, 0.3) is 0 Å². The van der Waals surface area contributed by atoms with Crippen molar-refractivity contribution < 1.29 is 17.6 Å². The van der Waals surface area contributed by atoms with E-state index in [2.05, 4.69) is 4.98 Å². The Morgan fingerprint density at radius 1 is 1.10 bits per heavy atom. The molecule has 0 radical (unpaired) electrons. The van der Waals surface area contributed by atoms with E-state index in [0.29, 0.717) is 25.2 Å². The Morgan fingerprint density at radius 3 is 2.55 bits per heavy atom. The average Bonchev–Trinajstić information content (AvgIpc) is 3.12. The lowest BCUT2D eigenvalue weighted by Crippen LogP contribution is -2.53. The number of aromatic nitrogens is 1. The monoisotopic (exact) mass is 416 g/mol. The second kappa shape index (κ2) is 7.58. The van der Waals surface area contributed by atoms with E-state index >= 15 is 0 Å². The molecule has 2 heterocycles. The van der Waals surface area contributed by atoms with Gasteiger partial charge in [0.1, 0.15) is 5.82 Å². The molecular formula is C20H21FN4O3S. The summed E-state index contributed by atoms with van der Waals surface area (Å²) in [5, 5.41) is 0.851. The van der Waals surface area contributed by atoms with Gasteiger partial charge in [-0.3, -0.25) is 4.79 Å². The van der Waals surface area contributed by atoms with Gasteiger partial charge in [-0.2, -0.15) is 4.31 Å². The van der Waals surface area contributed by atoms with Crippen LogP contribution in [0.25, 0.3) is 22.0 Å². The first-order valence-corrected chi connectivity index (χ1v) is 10.7. The second-order valence-electron chi connectivity index (χ2n) is 6.92. The predicted molar refractivity (Wildman–Crippen MR) is 108 cm³/mol. The molecule has 7 nitrogen and oxygen atoms in total. The summed E-state index contributed by atoms with van der Waals surface area (Å²) in [6, 6.07) is 11.0. The SMILES string of the molecule is NCCN1CCN(S(=O)(=O)c2ccc(-c3c[nH]c4cc(F)ccc34)cc2)CC1=O. The number of hydrogen-bond donors (Lipinski definition) is 2. The van der Waals surface area contributed by atoms with Crippen molar-refractivity contribution in [2.75, 3.05) is 32.7 Å². The molecule has 4 rings (SSSR count). The predicted octanol–water partition coefficient (Wildman–Crippen LogP) is 1.77. The summed E-state index contributed by atoms with van der Waals surface area (Å²) in [5.74, 6) is -0.568. The summed E-state index contributed by atoms with van der Waals surface area (Å²) >= 11 is 0. The number of nitrogens with zero attached hydrogens (tertiary/aromatic N) is 2. The maximum Gasteiger partial charge on any atom is 0.243 e. The number of rotatable bonds is 5. The number of fused-ring (bicyclic) bond motifs is 1. The first-order chi connectivity index (χ1) is 13.9. The standard InChI is InChI=1S/C20H21FN4O3S/c21-15-3-6-17-18(12-23-19(17)11-15)14-1-4-16(5-2-14)29(27,28)25-10-9-24(8-7-22)20(26)13-25/h1-6,11-12,23H,7-10,13,22H2. The first kappa shape index (κ1) is 19.6. The van der Waals surface area contributed by atoms with Crippen LogP contribution < -0.4 is 5.73 Å². The molecule has 3 N–H and O–H groups in total. The number of carbonyl (C=O) groups is 1. The van der Waals surface area contributed by atoms with E-state index in [1.54, 1.807) is 29.3 Å². The van der Waals surface area contributed by atoms with Crippen molar-refractivity contribution >= 4 is 26.8 Å². The van der Waals surface area contributed by atoms with E-state index in [-0.39, 0.29) is 29.7 Å². The van der Waals surface area contributed by atoms with Crippen LogP contribution >= 0.6 is 0 Å². The van der Waals surface area contributed by atoms with Gasteiger partial charge in [0.2, 0.25) is 15.9 Å². The molecule has 1 aliphatic heterocycles. The van der Waals surface area contributed by atoms with Gasteiger partial charge in [0, 0.05) is 48.8 Å². The van der Waals surface area contributed by atoms with Crippen molar-refractivity contribution in [2.24, 2.45) is 5.73 Å². The number of sulfonamides is 1. The summed E-state index contributed by atoms with van der Waals surface area (Å²) < 4.78 is 40.4. The van der Waals surface area contributed by atoms with Crippen LogP contribution in [0.3, 0.4) is 0 Å². The van der Waals surface area contributed by atoms with Crippen LogP contribution in [0.5, 0.6) is 0 Å². The van der Waals surface area contributed by atoms with Crippen molar-refractivity contribution in [1.82, 2.24) is 14.2 Å². The highest BCUT2D eigenvalue weighted by Gasteiger charge is 2.32. The Kier molecular flexibility index (Phi) is 5.12. The number of nitrogens with one attached hydrogen (secondary N) is 1. The largest absolute Gasteiger partial charge is 0.360 e. The highest BCUT2D eigenvalue weighted by Crippen LogP contribution is 2.30. The molecule has 1 aliphatic rings. The summed E-state index contributed by atoms with van der Waals surface area (Å²) in [6.07, 6.45) is 1.77. The molecule has 0 unspecified atom stereocenters. The number of hydrogen-bond acceptors (Lipinski definition) is 4. The van der Waals surface area contributed by atoms with Crippen LogP contribution in [-0.4, -0.2) is 61.2 Å². The van der Waals surface area contributed by atoms with Gasteiger partial charge in [-0.05, 0) is 35.9 Å². The maximum atomic E-state index is 13.4. The van der Waals surface area contributed by atoms with Crippen molar-refractivity contribution in [2.45, 2.75) is 4.90 Å². The first-order valence-electron chi connectivity index (χ1n) is 9.25. The Bertz CT molecular complexity index is 1160. The average molecular weight is 416 g/mol. The van der Waals surface area contributed by atoms with E-state index in [1.165, 1.54) is 28.6 Å². The molecule has 0 bridgehead atoms. The highest BCUT2D eigenvalue weighted by molar-refractivity contribution is 7.89. The molecule has 1 fully saturated rings. The molecule has 1 saturated heterocycles. The Morgan fingerprint density at radius 2 is 1.86 bits per heavy atom. The fourth-order valence-corrected chi connectivity index (χ4v) is 4.96. The van der Waals surface area contributed by atoms with E-state index in [9.17, 15) is 17.6 Å². The number of carbonyl (C=O) groups excluding carboxylic acids is 1. The van der Waals surface area contributed by atoms with Crippen LogP contribution in [0.15, 0.2) is 53.6 Å². The normalized spacial score (nSPS) is 15.9. The van der Waals surface area contributed by atoms with Gasteiger partial charge in [0.15, 0.2) is 0 Å². The van der Waals surface area contributed by atoms with E-state index < -0.39 is 10.0 Å². The Balaban J connectivity index is 1.58. The third-order valence-corrected chi connectivity index (χ3v) is 6.99. The smallest absolute Gasteiger partial charge is 0.243 e. The number of benzene rings is 2. The minimum absolute atomic E-state index is 0.132. The minimum atomic E-state index is -3.77. The van der Waals surface area contributed by atoms with Crippen LogP contribution in [-0.2, 0) is 14.8 Å². The lowest BCUT2D eigenvalue weighted by molar-refractivity contribution is -0.133. The quantitative estimate of drug-likeness (QED) is 0.662. The van der Waals surface area contributed by atoms with Gasteiger partial charge in [-0.15, -0.1) is 0 Å². The molecule has 2 aromatic carbocycles. The molecule has 29 heavy (non-hydrogen) atoms. The molecule has 3 aromatic rings. The van der Waals surface area contributed by atoms with Gasteiger partial charge in [0.05, 0.1) is 11.4 Å². The molecule has 0 atom stereocenters. The molecular weight excluding hydrogens is 395 g/mol. The molecule has 0 spiro atoms. The van der Waals surface area contributed by atoms with Crippen LogP contribution in [0.1, 0.15) is 0 Å². The molecule has 0 saturated carbocycles. The third kappa shape index (κ3) is 3.64. The van der Waals surface area contributed by atoms with E-state index in [1.807, 2.05) is 0 Å². The number of amides is 1. The van der Waals surface area contributed by atoms with Crippen molar-refractivity contribution in [1.29, 1.82) is 0 Å². The van der Waals surface area contributed by atoms with E-state index in [4.69, 9.17) is 5.73 Å². The zero-order chi connectivity index (χ0) is 20.6. The van der Waals surface area contributed by atoms with Gasteiger partial charge < -0.3 is 15.6 Å². The zero-order valence-electron chi connectivity index (χ0n) is 15.6. The number of piperazine rings is 1. The topological polar surface area (TPSA) is 99.5 Å². The molecule has 0 aliphatic carbocycles. The second-order valence-corrected chi connectivity index (χ2v) is 8.86. The number of H-pyrrole nitrogens is 1. The van der Waals surface area contributed by atoms with Crippen LogP contribution in [0.4, 0.5) is 4.39 Å². The van der Waals surface area contributed by atoms with Crippen molar-refractivity contribution in [3.8, 4) is 11.1 Å². The maximum absolute atomic E-state index is 13.4. The number of halogens is 1. The molecule has 152 valence electrons. The Labute approximate surface area is 168 Å². The van der Waals surface area contributed by atoms with E-state index in [0.717, 1.165) is 16.5 Å². The minimum Gasteiger partial charge on any atom is -0.360 e. The fraction of sp³-hybridized carbons (Fsp3) is 0.250. The summed E-state index contributed by atoms with van der Waals surface area (Å²) in [4.78, 5) is 16.9. The highest BCUT2D eigenvalue weighted by atomic mass is 32.2. The number of aromatic amines is 1. The van der Waals surface area contributed by atoms with Crippen LogP contribution in [0, 0.1) is 5.82 Å². The number of nitrogens with two attached hydrogens (primary N) is 1. The van der Waals surface area contributed by atoms with Crippen molar-refractivity contribution in [3.05, 3.63) is 54.5 Å². The lowest BCUT2D eigenvalue weighted by Gasteiger charge is -2.33. The van der Waals surface area contributed by atoms with Gasteiger partial charge >= 0.3 is 0 Å². The van der Waals surface area contributed by atoms with Crippen molar-refractivity contribution in [3.63, 3.8) is 0 Å².